The van der Waals surface area contributed by atoms with Crippen molar-refractivity contribution >= 4 is 16.9 Å². The summed E-state index contributed by atoms with van der Waals surface area (Å²) in [5, 5.41) is 3.07. The van der Waals surface area contributed by atoms with Gasteiger partial charge in [0, 0.05) is 0 Å². The van der Waals surface area contributed by atoms with Crippen molar-refractivity contribution in [2.45, 2.75) is 16.6 Å². The second-order valence-corrected chi connectivity index (χ2v) is 6.14. The molecule has 3 nitrogen and oxygen atoms in total. The van der Waals surface area contributed by atoms with Crippen molar-refractivity contribution < 1.29 is 8.63 Å². The minimum Gasteiger partial charge on any atom is -0.471 e. The van der Waals surface area contributed by atoms with Gasteiger partial charge >= 0.3 is 0 Å². The molecule has 0 amide bonds. The molecule has 1 aromatic carbocycles. The number of benzene rings is 1. The van der Waals surface area contributed by atoms with Gasteiger partial charge in [0.25, 0.3) is 0 Å². The zero-order valence-corrected chi connectivity index (χ0v) is 12.4. The summed E-state index contributed by atoms with van der Waals surface area (Å²) >= 11 is 0. The molecule has 0 radical (unpaired) electrons. The van der Waals surface area contributed by atoms with Gasteiger partial charge in [0.15, 0.2) is 0 Å². The lowest BCUT2D eigenvalue weighted by Gasteiger charge is -2.16. The van der Waals surface area contributed by atoms with Crippen molar-refractivity contribution in [1.29, 1.82) is 0 Å². The average Bonchev–Trinajstić information content (AvgIpc) is 3.02. The summed E-state index contributed by atoms with van der Waals surface area (Å²) in [4.78, 5) is 0.735. The molecule has 0 saturated heterocycles. The SMILES string of the molecule is C=Cc1ccc(C(CCNC)S(=O)c2ccoc2)cc1. The molecule has 0 aliphatic rings. The molecule has 2 rings (SSSR count). The first kappa shape index (κ1) is 14.8. The predicted molar refractivity (Wildman–Crippen MR) is 82.9 cm³/mol. The summed E-state index contributed by atoms with van der Waals surface area (Å²) in [6.07, 6.45) is 5.73. The van der Waals surface area contributed by atoms with E-state index in [1.165, 1.54) is 0 Å². The first-order valence-electron chi connectivity index (χ1n) is 6.56. The number of nitrogens with one attached hydrogen (secondary N) is 1. The van der Waals surface area contributed by atoms with Crippen LogP contribution in [-0.4, -0.2) is 17.8 Å². The average molecular weight is 289 g/mol. The zero-order chi connectivity index (χ0) is 14.4. The Kier molecular flexibility index (Phi) is 5.32. The van der Waals surface area contributed by atoms with Gasteiger partial charge in [-0.15, -0.1) is 0 Å². The fourth-order valence-corrected chi connectivity index (χ4v) is 3.46. The van der Waals surface area contributed by atoms with E-state index < -0.39 is 10.8 Å². The summed E-state index contributed by atoms with van der Waals surface area (Å²) in [5.41, 5.74) is 2.14. The molecule has 0 aliphatic carbocycles. The van der Waals surface area contributed by atoms with Crippen LogP contribution in [0.2, 0.25) is 0 Å². The summed E-state index contributed by atoms with van der Waals surface area (Å²) in [5.74, 6) is 0. The molecule has 1 heterocycles. The highest BCUT2D eigenvalue weighted by Gasteiger charge is 2.20. The smallest absolute Gasteiger partial charge is 0.106 e. The van der Waals surface area contributed by atoms with Crippen LogP contribution in [0, 0.1) is 0 Å². The third-order valence-corrected chi connectivity index (χ3v) is 4.91. The quantitative estimate of drug-likeness (QED) is 0.849. The maximum Gasteiger partial charge on any atom is 0.106 e. The largest absolute Gasteiger partial charge is 0.471 e. The Morgan fingerprint density at radius 1 is 1.35 bits per heavy atom. The van der Waals surface area contributed by atoms with Gasteiger partial charge in [0.1, 0.15) is 6.26 Å². The molecule has 1 aromatic heterocycles. The van der Waals surface area contributed by atoms with Gasteiger partial charge in [0.2, 0.25) is 0 Å². The Labute approximate surface area is 122 Å². The molecule has 2 atom stereocenters. The third kappa shape index (κ3) is 3.46. The lowest BCUT2D eigenvalue weighted by Crippen LogP contribution is -2.15. The van der Waals surface area contributed by atoms with Crippen LogP contribution in [0.4, 0.5) is 0 Å². The van der Waals surface area contributed by atoms with Crippen LogP contribution >= 0.6 is 0 Å². The molecule has 106 valence electrons. The molecule has 1 N–H and O–H groups in total. The Hall–Kier alpha value is -1.65. The Balaban J connectivity index is 2.26. The molecule has 0 bridgehead atoms. The van der Waals surface area contributed by atoms with Crippen LogP contribution in [0.3, 0.4) is 0 Å². The van der Waals surface area contributed by atoms with Crippen LogP contribution in [0.1, 0.15) is 22.8 Å². The Bertz CT molecular complexity index is 561. The van der Waals surface area contributed by atoms with Gasteiger partial charge < -0.3 is 9.73 Å². The van der Waals surface area contributed by atoms with Gasteiger partial charge in [-0.1, -0.05) is 36.9 Å². The number of furan rings is 1. The van der Waals surface area contributed by atoms with E-state index in [1.54, 1.807) is 24.7 Å². The zero-order valence-electron chi connectivity index (χ0n) is 11.5. The molecule has 0 aliphatic heterocycles. The highest BCUT2D eigenvalue weighted by atomic mass is 32.2. The van der Waals surface area contributed by atoms with E-state index in [0.717, 1.165) is 29.0 Å². The van der Waals surface area contributed by atoms with E-state index in [2.05, 4.69) is 11.9 Å². The van der Waals surface area contributed by atoms with Crippen molar-refractivity contribution in [2.75, 3.05) is 13.6 Å². The van der Waals surface area contributed by atoms with Crippen molar-refractivity contribution in [2.24, 2.45) is 0 Å². The van der Waals surface area contributed by atoms with Crippen LogP contribution in [-0.2, 0) is 10.8 Å². The normalized spacial score (nSPS) is 13.8. The van der Waals surface area contributed by atoms with E-state index in [4.69, 9.17) is 4.42 Å². The minimum absolute atomic E-state index is 0.0427. The fourth-order valence-electron chi connectivity index (χ4n) is 2.05. The van der Waals surface area contributed by atoms with Gasteiger partial charge in [-0.05, 0) is 37.2 Å². The molecule has 0 spiro atoms. The lowest BCUT2D eigenvalue weighted by atomic mass is 10.1. The van der Waals surface area contributed by atoms with Crippen LogP contribution < -0.4 is 5.32 Å². The maximum atomic E-state index is 12.7. The molecule has 0 saturated carbocycles. The molecule has 2 unspecified atom stereocenters. The predicted octanol–water partition coefficient (Wildman–Crippen LogP) is 3.38. The van der Waals surface area contributed by atoms with Crippen LogP contribution in [0.15, 0.2) is 58.7 Å². The summed E-state index contributed by atoms with van der Waals surface area (Å²) in [6.45, 7) is 4.57. The van der Waals surface area contributed by atoms with Gasteiger partial charge in [-0.2, -0.15) is 0 Å². The molecular weight excluding hydrogens is 270 g/mol. The van der Waals surface area contributed by atoms with E-state index in [0.29, 0.717) is 0 Å². The second-order valence-electron chi connectivity index (χ2n) is 4.51. The van der Waals surface area contributed by atoms with Crippen molar-refractivity contribution in [3.63, 3.8) is 0 Å². The summed E-state index contributed by atoms with van der Waals surface area (Å²) < 4.78 is 17.7. The van der Waals surface area contributed by atoms with E-state index in [-0.39, 0.29) is 5.25 Å². The topological polar surface area (TPSA) is 42.2 Å². The van der Waals surface area contributed by atoms with Crippen molar-refractivity contribution in [3.8, 4) is 0 Å². The number of rotatable bonds is 7. The summed E-state index contributed by atoms with van der Waals surface area (Å²) in [6, 6.07) is 9.81. The van der Waals surface area contributed by atoms with Gasteiger partial charge in [-0.25, -0.2) is 0 Å². The number of hydrogen-bond donors (Lipinski definition) is 1. The first-order chi connectivity index (χ1) is 9.76. The highest BCUT2D eigenvalue weighted by molar-refractivity contribution is 7.85. The van der Waals surface area contributed by atoms with Crippen molar-refractivity contribution in [1.82, 2.24) is 5.32 Å². The summed E-state index contributed by atoms with van der Waals surface area (Å²) in [7, 11) is 0.791. The van der Waals surface area contributed by atoms with Crippen LogP contribution in [0.25, 0.3) is 6.08 Å². The minimum atomic E-state index is -1.11. The molecular formula is C16H19NO2S. The lowest BCUT2D eigenvalue weighted by molar-refractivity contribution is 0.560. The van der Waals surface area contributed by atoms with Crippen LogP contribution in [0.5, 0.6) is 0 Å². The molecule has 0 fully saturated rings. The second kappa shape index (κ2) is 7.22. The molecule has 20 heavy (non-hydrogen) atoms. The van der Waals surface area contributed by atoms with E-state index in [1.807, 2.05) is 31.3 Å². The number of hydrogen-bond acceptors (Lipinski definition) is 3. The van der Waals surface area contributed by atoms with Crippen molar-refractivity contribution in [3.05, 3.63) is 60.6 Å². The first-order valence-corrected chi connectivity index (χ1v) is 7.77. The molecule has 2 aromatic rings. The third-order valence-electron chi connectivity index (χ3n) is 3.19. The van der Waals surface area contributed by atoms with Gasteiger partial charge in [0.05, 0.1) is 27.2 Å². The maximum absolute atomic E-state index is 12.7. The molecule has 4 heteroatoms. The Morgan fingerprint density at radius 3 is 2.65 bits per heavy atom. The van der Waals surface area contributed by atoms with E-state index >= 15 is 0 Å². The fraction of sp³-hybridized carbons (Fsp3) is 0.250. The monoisotopic (exact) mass is 289 g/mol. The van der Waals surface area contributed by atoms with E-state index in [9.17, 15) is 4.21 Å². The highest BCUT2D eigenvalue weighted by Crippen LogP contribution is 2.28. The Morgan fingerprint density at radius 2 is 2.10 bits per heavy atom. The standard InChI is InChI=1S/C16H19NO2S/c1-3-13-4-6-14(7-5-13)16(8-10-17-2)20(18)15-9-11-19-12-15/h3-7,9,11-12,16-17H,1,8,10H2,2H3. The van der Waals surface area contributed by atoms with Gasteiger partial charge in [-0.3, -0.25) is 4.21 Å².